The molecule has 1 saturated heterocycles. The third kappa shape index (κ3) is 4.26. The van der Waals surface area contributed by atoms with Crippen LogP contribution in [0.3, 0.4) is 0 Å². The van der Waals surface area contributed by atoms with Crippen LogP contribution in [0.25, 0.3) is 0 Å². The fraction of sp³-hybridized carbons (Fsp3) is 0.458. The molecule has 0 saturated carbocycles. The molecule has 2 aliphatic rings. The van der Waals surface area contributed by atoms with Gasteiger partial charge in [-0.05, 0) is 92.9 Å². The number of nitrogens with zero attached hydrogens (tertiary/aromatic N) is 1. The fourth-order valence-corrected chi connectivity index (χ4v) is 5.07. The standard InChI is InChI=1S/C24H29ClN2O/c25-21-8-5-7-20(18-21)23(28)26-14-3-4-15-27-16-12-24(13-17-27)11-10-19-6-1-2-9-22(19)24/h1-2,5-9,18H,3-4,10-17H2,(H,26,28). The first-order chi connectivity index (χ1) is 13.7. The van der Waals surface area contributed by atoms with Crippen molar-refractivity contribution in [3.05, 3.63) is 70.2 Å². The van der Waals surface area contributed by atoms with Crippen LogP contribution >= 0.6 is 11.6 Å². The number of fused-ring (bicyclic) bond motifs is 2. The van der Waals surface area contributed by atoms with E-state index >= 15 is 0 Å². The van der Waals surface area contributed by atoms with Gasteiger partial charge in [0.1, 0.15) is 0 Å². The second-order valence-corrected chi connectivity index (χ2v) is 8.69. The first kappa shape index (κ1) is 19.5. The molecule has 1 aliphatic heterocycles. The zero-order chi connectivity index (χ0) is 19.4. The second-order valence-electron chi connectivity index (χ2n) is 8.25. The highest BCUT2D eigenvalue weighted by Gasteiger charge is 2.40. The van der Waals surface area contributed by atoms with Crippen molar-refractivity contribution in [3.8, 4) is 0 Å². The molecule has 0 bridgehead atoms. The van der Waals surface area contributed by atoms with Crippen LogP contribution in [0, 0.1) is 0 Å². The number of amides is 1. The molecule has 148 valence electrons. The van der Waals surface area contributed by atoms with Gasteiger partial charge in [0.05, 0.1) is 0 Å². The molecular weight excluding hydrogens is 368 g/mol. The number of aryl methyl sites for hydroxylation is 1. The minimum absolute atomic E-state index is 0.0395. The highest BCUT2D eigenvalue weighted by molar-refractivity contribution is 6.30. The van der Waals surface area contributed by atoms with E-state index in [1.165, 1.54) is 38.8 Å². The van der Waals surface area contributed by atoms with Gasteiger partial charge in [0.25, 0.3) is 5.91 Å². The summed E-state index contributed by atoms with van der Waals surface area (Å²) in [5.41, 5.74) is 4.27. The maximum absolute atomic E-state index is 12.1. The highest BCUT2D eigenvalue weighted by atomic mass is 35.5. The largest absolute Gasteiger partial charge is 0.352 e. The molecule has 1 spiro atoms. The Hall–Kier alpha value is -1.84. The van der Waals surface area contributed by atoms with Crippen molar-refractivity contribution in [1.29, 1.82) is 0 Å². The number of unbranched alkanes of at least 4 members (excludes halogenated alkanes) is 1. The lowest BCUT2D eigenvalue weighted by Crippen LogP contribution is -2.42. The van der Waals surface area contributed by atoms with Crippen LogP contribution in [0.1, 0.15) is 53.6 Å². The average molecular weight is 397 g/mol. The van der Waals surface area contributed by atoms with Crippen molar-refractivity contribution >= 4 is 17.5 Å². The Labute approximate surface area is 173 Å². The number of benzene rings is 2. The Morgan fingerprint density at radius 2 is 1.86 bits per heavy atom. The summed E-state index contributed by atoms with van der Waals surface area (Å²) in [4.78, 5) is 14.7. The quantitative estimate of drug-likeness (QED) is 0.709. The maximum Gasteiger partial charge on any atom is 0.251 e. The number of piperidine rings is 1. The number of nitrogens with one attached hydrogen (secondary N) is 1. The number of halogens is 1. The average Bonchev–Trinajstić information content (AvgIpc) is 3.07. The molecule has 4 heteroatoms. The molecule has 1 N–H and O–H groups in total. The molecule has 0 aromatic heterocycles. The SMILES string of the molecule is O=C(NCCCCN1CCC2(CCc3ccccc32)CC1)c1cccc(Cl)c1. The lowest BCUT2D eigenvalue weighted by atomic mass is 9.74. The molecule has 0 atom stereocenters. The third-order valence-electron chi connectivity index (χ3n) is 6.55. The first-order valence-corrected chi connectivity index (χ1v) is 10.9. The third-order valence-corrected chi connectivity index (χ3v) is 6.78. The van der Waals surface area contributed by atoms with E-state index < -0.39 is 0 Å². The van der Waals surface area contributed by atoms with Crippen LogP contribution in [0.2, 0.25) is 5.02 Å². The molecular formula is C24H29ClN2O. The van der Waals surface area contributed by atoms with Crippen LogP contribution in [-0.4, -0.2) is 37.0 Å². The summed E-state index contributed by atoms with van der Waals surface area (Å²) in [6.07, 6.45) is 7.29. The van der Waals surface area contributed by atoms with Gasteiger partial charge in [-0.25, -0.2) is 0 Å². The smallest absolute Gasteiger partial charge is 0.251 e. The van der Waals surface area contributed by atoms with E-state index in [0.717, 1.165) is 25.9 Å². The molecule has 3 nitrogen and oxygen atoms in total. The summed E-state index contributed by atoms with van der Waals surface area (Å²) in [5, 5.41) is 3.60. The number of carbonyl (C=O) groups excluding carboxylic acids is 1. The molecule has 28 heavy (non-hydrogen) atoms. The molecule has 2 aromatic carbocycles. The van der Waals surface area contributed by atoms with Crippen molar-refractivity contribution in [3.63, 3.8) is 0 Å². The van der Waals surface area contributed by atoms with E-state index in [1.807, 2.05) is 6.07 Å². The topological polar surface area (TPSA) is 32.3 Å². The Morgan fingerprint density at radius 3 is 2.68 bits per heavy atom. The lowest BCUT2D eigenvalue weighted by molar-refractivity contribution is 0.0952. The normalized spacial score (nSPS) is 18.2. The lowest BCUT2D eigenvalue weighted by Gasteiger charge is -2.40. The summed E-state index contributed by atoms with van der Waals surface area (Å²) >= 11 is 5.95. The van der Waals surface area contributed by atoms with Crippen molar-refractivity contribution < 1.29 is 4.79 Å². The van der Waals surface area contributed by atoms with Gasteiger partial charge in [-0.1, -0.05) is 41.9 Å². The Balaban J connectivity index is 1.16. The van der Waals surface area contributed by atoms with E-state index in [-0.39, 0.29) is 5.91 Å². The highest BCUT2D eigenvalue weighted by Crippen LogP contribution is 2.46. The zero-order valence-corrected chi connectivity index (χ0v) is 17.2. The summed E-state index contributed by atoms with van der Waals surface area (Å²) in [5.74, 6) is -0.0395. The molecule has 0 unspecified atom stereocenters. The van der Waals surface area contributed by atoms with Crippen LogP contribution in [0.4, 0.5) is 0 Å². The van der Waals surface area contributed by atoms with Crippen molar-refractivity contribution in [2.75, 3.05) is 26.2 Å². The summed E-state index contributed by atoms with van der Waals surface area (Å²) in [7, 11) is 0. The van der Waals surface area contributed by atoms with Gasteiger partial charge in [0, 0.05) is 17.1 Å². The number of hydrogen-bond acceptors (Lipinski definition) is 2. The predicted molar refractivity (Wildman–Crippen MR) is 115 cm³/mol. The summed E-state index contributed by atoms with van der Waals surface area (Å²) < 4.78 is 0. The molecule has 1 amide bonds. The van der Waals surface area contributed by atoms with Crippen LogP contribution in [0.15, 0.2) is 48.5 Å². The Bertz CT molecular complexity index is 827. The molecule has 1 aliphatic carbocycles. The van der Waals surface area contributed by atoms with E-state index in [9.17, 15) is 4.79 Å². The predicted octanol–water partition coefficient (Wildman–Crippen LogP) is 4.83. The van der Waals surface area contributed by atoms with E-state index in [1.54, 1.807) is 29.3 Å². The summed E-state index contributed by atoms with van der Waals surface area (Å²) in [6, 6.07) is 16.2. The first-order valence-electron chi connectivity index (χ1n) is 10.5. The summed E-state index contributed by atoms with van der Waals surface area (Å²) in [6.45, 7) is 4.24. The molecule has 2 aromatic rings. The monoisotopic (exact) mass is 396 g/mol. The second kappa shape index (κ2) is 8.67. The van der Waals surface area contributed by atoms with Crippen molar-refractivity contribution in [2.45, 2.75) is 43.9 Å². The van der Waals surface area contributed by atoms with Crippen molar-refractivity contribution in [1.82, 2.24) is 10.2 Å². The number of likely N-dealkylation sites (tertiary alicyclic amines) is 1. The molecule has 1 fully saturated rings. The van der Waals surface area contributed by atoms with Gasteiger partial charge in [-0.2, -0.15) is 0 Å². The van der Waals surface area contributed by atoms with Crippen LogP contribution in [-0.2, 0) is 11.8 Å². The van der Waals surface area contributed by atoms with Crippen molar-refractivity contribution in [2.24, 2.45) is 0 Å². The Kier molecular flexibility index (Phi) is 6.03. The maximum atomic E-state index is 12.1. The minimum atomic E-state index is -0.0395. The van der Waals surface area contributed by atoms with E-state index in [4.69, 9.17) is 11.6 Å². The number of carbonyl (C=O) groups is 1. The van der Waals surface area contributed by atoms with Gasteiger partial charge >= 0.3 is 0 Å². The van der Waals surface area contributed by atoms with Gasteiger partial charge < -0.3 is 10.2 Å². The zero-order valence-electron chi connectivity index (χ0n) is 16.4. The van der Waals surface area contributed by atoms with Gasteiger partial charge in [0.2, 0.25) is 0 Å². The fourth-order valence-electron chi connectivity index (χ4n) is 4.88. The van der Waals surface area contributed by atoms with E-state index in [2.05, 4.69) is 34.5 Å². The number of hydrogen-bond donors (Lipinski definition) is 1. The molecule has 1 heterocycles. The van der Waals surface area contributed by atoms with Gasteiger partial charge in [-0.15, -0.1) is 0 Å². The molecule has 0 radical (unpaired) electrons. The minimum Gasteiger partial charge on any atom is -0.352 e. The van der Waals surface area contributed by atoms with Gasteiger partial charge in [0.15, 0.2) is 0 Å². The molecule has 4 rings (SSSR count). The van der Waals surface area contributed by atoms with Crippen LogP contribution in [0.5, 0.6) is 0 Å². The Morgan fingerprint density at radius 1 is 1.04 bits per heavy atom. The van der Waals surface area contributed by atoms with Crippen LogP contribution < -0.4 is 5.32 Å². The number of rotatable bonds is 6. The van der Waals surface area contributed by atoms with Gasteiger partial charge in [-0.3, -0.25) is 4.79 Å². The van der Waals surface area contributed by atoms with E-state index in [0.29, 0.717) is 16.0 Å².